The predicted octanol–water partition coefficient (Wildman–Crippen LogP) is 2.00. The average molecular weight is 331 g/mol. The number of carbonyl (C=O) groups excluding carboxylic acids is 1. The lowest BCUT2D eigenvalue weighted by atomic mass is 10.1. The van der Waals surface area contributed by atoms with Crippen LogP contribution in [-0.4, -0.2) is 51.2 Å². The van der Waals surface area contributed by atoms with Crippen molar-refractivity contribution in [3.63, 3.8) is 0 Å². The molecule has 1 aliphatic heterocycles. The largest absolute Gasteiger partial charge is 0.480 e. The molecule has 0 saturated carbocycles. The van der Waals surface area contributed by atoms with Crippen LogP contribution in [0.4, 0.5) is 0 Å². The maximum Gasteiger partial charge on any atom is 0.326 e. The third kappa shape index (κ3) is 5.37. The van der Waals surface area contributed by atoms with Gasteiger partial charge in [-0.2, -0.15) is 0 Å². The Morgan fingerprint density at radius 2 is 2.05 bits per heavy atom. The second-order valence-electron chi connectivity index (χ2n) is 7.36. The summed E-state index contributed by atoms with van der Waals surface area (Å²) in [5.74, 6) is -1.49. The molecule has 1 rings (SSSR count). The van der Waals surface area contributed by atoms with Crippen molar-refractivity contribution >= 4 is 20.2 Å². The molecule has 0 aromatic heterocycles. The Kier molecular flexibility index (Phi) is 6.58. The molecule has 0 aliphatic carbocycles. The van der Waals surface area contributed by atoms with Gasteiger partial charge in [0.15, 0.2) is 8.32 Å². The molecule has 22 heavy (non-hydrogen) atoms. The number of carboxylic acid groups (broad SMARTS) is 1. The van der Waals surface area contributed by atoms with Gasteiger partial charge in [0.05, 0.1) is 12.5 Å². The Labute approximate surface area is 133 Å². The average Bonchev–Trinajstić information content (AvgIpc) is 2.89. The van der Waals surface area contributed by atoms with Crippen molar-refractivity contribution in [3.05, 3.63) is 0 Å². The van der Waals surface area contributed by atoms with Crippen molar-refractivity contribution in [2.24, 2.45) is 5.92 Å². The van der Waals surface area contributed by atoms with E-state index in [4.69, 9.17) is 9.16 Å². The zero-order chi connectivity index (χ0) is 17.0. The second-order valence-corrected chi connectivity index (χ2v) is 12.2. The summed E-state index contributed by atoms with van der Waals surface area (Å²) < 4.78 is 11.1. The SMILES string of the molecule is CC(C)(C)[Si](C)(C)OCC[C@@H](NC(=O)[C@H]1CCOC1)C(=O)O. The number of amides is 1. The first-order chi connectivity index (χ1) is 10.0. The van der Waals surface area contributed by atoms with Gasteiger partial charge >= 0.3 is 5.97 Å². The van der Waals surface area contributed by atoms with Crippen LogP contribution in [0.2, 0.25) is 18.1 Å². The molecular weight excluding hydrogens is 302 g/mol. The molecule has 0 bridgehead atoms. The highest BCUT2D eigenvalue weighted by molar-refractivity contribution is 6.74. The lowest BCUT2D eigenvalue weighted by Crippen LogP contribution is -2.46. The molecule has 1 amide bonds. The number of nitrogens with one attached hydrogen (secondary N) is 1. The monoisotopic (exact) mass is 331 g/mol. The molecule has 0 spiro atoms. The molecule has 1 fully saturated rings. The summed E-state index contributed by atoms with van der Waals surface area (Å²) >= 11 is 0. The molecular formula is C15H29NO5Si. The van der Waals surface area contributed by atoms with Gasteiger partial charge in [0.2, 0.25) is 5.91 Å². The highest BCUT2D eigenvalue weighted by atomic mass is 28.4. The van der Waals surface area contributed by atoms with E-state index in [-0.39, 0.29) is 23.3 Å². The third-order valence-electron chi connectivity index (χ3n) is 4.59. The highest BCUT2D eigenvalue weighted by Gasteiger charge is 2.37. The first-order valence-corrected chi connectivity index (χ1v) is 10.7. The van der Waals surface area contributed by atoms with Crippen molar-refractivity contribution in [1.29, 1.82) is 0 Å². The molecule has 2 N–H and O–H groups in total. The molecule has 7 heteroatoms. The molecule has 1 saturated heterocycles. The molecule has 128 valence electrons. The van der Waals surface area contributed by atoms with E-state index in [9.17, 15) is 14.7 Å². The van der Waals surface area contributed by atoms with Gasteiger partial charge in [0.1, 0.15) is 6.04 Å². The maximum atomic E-state index is 12.0. The van der Waals surface area contributed by atoms with E-state index >= 15 is 0 Å². The Hall–Kier alpha value is -0.923. The van der Waals surface area contributed by atoms with E-state index < -0.39 is 20.3 Å². The smallest absolute Gasteiger partial charge is 0.326 e. The number of carbonyl (C=O) groups is 2. The molecule has 6 nitrogen and oxygen atoms in total. The fraction of sp³-hybridized carbons (Fsp3) is 0.867. The van der Waals surface area contributed by atoms with Crippen LogP contribution in [0.3, 0.4) is 0 Å². The van der Waals surface area contributed by atoms with Gasteiger partial charge in [-0.05, 0) is 24.6 Å². The van der Waals surface area contributed by atoms with Crippen molar-refractivity contribution in [2.45, 2.75) is 57.8 Å². The highest BCUT2D eigenvalue weighted by Crippen LogP contribution is 2.36. The minimum atomic E-state index is -1.90. The minimum absolute atomic E-state index is 0.0795. The Morgan fingerprint density at radius 3 is 2.50 bits per heavy atom. The van der Waals surface area contributed by atoms with E-state index in [1.165, 1.54) is 0 Å². The summed E-state index contributed by atoms with van der Waals surface area (Å²) in [6, 6.07) is -0.905. The number of ether oxygens (including phenoxy) is 1. The normalized spacial score (nSPS) is 20.7. The number of hydrogen-bond donors (Lipinski definition) is 2. The maximum absolute atomic E-state index is 12.0. The summed E-state index contributed by atoms with van der Waals surface area (Å²) in [7, 11) is -1.90. The van der Waals surface area contributed by atoms with E-state index in [2.05, 4.69) is 39.2 Å². The minimum Gasteiger partial charge on any atom is -0.480 e. The first-order valence-electron chi connectivity index (χ1n) is 7.79. The number of aliphatic carboxylic acids is 1. The van der Waals surface area contributed by atoms with E-state index in [0.29, 0.717) is 26.2 Å². The van der Waals surface area contributed by atoms with Gasteiger partial charge in [-0.1, -0.05) is 20.8 Å². The van der Waals surface area contributed by atoms with Crippen LogP contribution in [0.15, 0.2) is 0 Å². The van der Waals surface area contributed by atoms with Crippen LogP contribution >= 0.6 is 0 Å². The Morgan fingerprint density at radius 1 is 1.41 bits per heavy atom. The van der Waals surface area contributed by atoms with Gasteiger partial charge in [0, 0.05) is 19.6 Å². The molecule has 1 heterocycles. The molecule has 1 aliphatic rings. The summed E-state index contributed by atoms with van der Waals surface area (Å²) in [6.07, 6.45) is 0.930. The van der Waals surface area contributed by atoms with Crippen molar-refractivity contribution in [2.75, 3.05) is 19.8 Å². The summed E-state index contributed by atoms with van der Waals surface area (Å²) in [6.45, 7) is 11.9. The number of rotatable bonds is 7. The molecule has 0 radical (unpaired) electrons. The van der Waals surface area contributed by atoms with E-state index in [1.807, 2.05) is 0 Å². The Balaban J connectivity index is 2.48. The summed E-state index contributed by atoms with van der Waals surface area (Å²) in [4.78, 5) is 23.3. The fourth-order valence-electron chi connectivity index (χ4n) is 1.94. The van der Waals surface area contributed by atoms with E-state index in [1.54, 1.807) is 0 Å². The zero-order valence-corrected chi connectivity index (χ0v) is 15.3. The van der Waals surface area contributed by atoms with Crippen molar-refractivity contribution < 1.29 is 23.9 Å². The fourth-order valence-corrected chi connectivity index (χ4v) is 3.00. The summed E-state index contributed by atoms with van der Waals surface area (Å²) in [5, 5.41) is 11.9. The van der Waals surface area contributed by atoms with Gasteiger partial charge in [-0.15, -0.1) is 0 Å². The Bertz CT molecular complexity index is 399. The molecule has 0 aromatic carbocycles. The second kappa shape index (κ2) is 7.57. The topological polar surface area (TPSA) is 84.9 Å². The lowest BCUT2D eigenvalue weighted by Gasteiger charge is -2.36. The van der Waals surface area contributed by atoms with Gasteiger partial charge in [-0.25, -0.2) is 4.79 Å². The molecule has 2 atom stereocenters. The van der Waals surface area contributed by atoms with Gasteiger partial charge in [0.25, 0.3) is 0 Å². The van der Waals surface area contributed by atoms with Crippen LogP contribution in [0.1, 0.15) is 33.6 Å². The molecule has 0 aromatic rings. The summed E-state index contributed by atoms with van der Waals surface area (Å²) in [5.41, 5.74) is 0. The quantitative estimate of drug-likeness (QED) is 0.697. The van der Waals surface area contributed by atoms with Crippen LogP contribution in [0.25, 0.3) is 0 Å². The number of carboxylic acids is 1. The zero-order valence-electron chi connectivity index (χ0n) is 14.3. The van der Waals surface area contributed by atoms with E-state index in [0.717, 1.165) is 0 Å². The number of hydrogen-bond acceptors (Lipinski definition) is 4. The van der Waals surface area contributed by atoms with Crippen molar-refractivity contribution in [3.8, 4) is 0 Å². The lowest BCUT2D eigenvalue weighted by molar-refractivity contribution is -0.142. The third-order valence-corrected chi connectivity index (χ3v) is 9.13. The van der Waals surface area contributed by atoms with Gasteiger partial charge in [-0.3, -0.25) is 4.79 Å². The molecule has 0 unspecified atom stereocenters. The van der Waals surface area contributed by atoms with Crippen LogP contribution in [0.5, 0.6) is 0 Å². The standard InChI is InChI=1S/C15H29NO5Si/c1-15(2,3)22(4,5)21-9-7-12(14(18)19)16-13(17)11-6-8-20-10-11/h11-12H,6-10H2,1-5H3,(H,16,17)(H,18,19)/t11-,12+/m0/s1. The predicted molar refractivity (Wildman–Crippen MR) is 86.3 cm³/mol. The first kappa shape index (κ1) is 19.1. The van der Waals surface area contributed by atoms with Crippen LogP contribution < -0.4 is 5.32 Å². The van der Waals surface area contributed by atoms with Crippen LogP contribution in [0, 0.1) is 5.92 Å². The van der Waals surface area contributed by atoms with Gasteiger partial charge < -0.3 is 19.6 Å². The van der Waals surface area contributed by atoms with Crippen molar-refractivity contribution in [1.82, 2.24) is 5.32 Å². The van der Waals surface area contributed by atoms with Crippen LogP contribution in [-0.2, 0) is 18.8 Å².